The number of pyridine rings is 1. The number of anilines is 2. The number of para-hydroxylation sites is 1. The average molecular weight is 413 g/mol. The van der Waals surface area contributed by atoms with E-state index in [1.54, 1.807) is 24.3 Å². The number of nitrogen functional groups attached to an aromatic ring is 1. The fourth-order valence-electron chi connectivity index (χ4n) is 3.47. The monoisotopic (exact) mass is 413 g/mol. The Hall–Kier alpha value is -2.84. The molecular weight excluding hydrogens is 390 g/mol. The van der Waals surface area contributed by atoms with Gasteiger partial charge in [0.05, 0.1) is 22.8 Å². The van der Waals surface area contributed by atoms with E-state index in [1.807, 2.05) is 29.2 Å². The van der Waals surface area contributed by atoms with Crippen molar-refractivity contribution in [2.24, 2.45) is 0 Å². The first-order valence-corrected chi connectivity index (χ1v) is 11.1. The Kier molecular flexibility index (Phi) is 5.29. The van der Waals surface area contributed by atoms with Crippen LogP contribution >= 0.6 is 0 Å². The Bertz CT molecular complexity index is 1150. The smallest absolute Gasteiger partial charge is 0.180 e. The van der Waals surface area contributed by atoms with Gasteiger partial charge in [0.15, 0.2) is 9.84 Å². The van der Waals surface area contributed by atoms with Crippen LogP contribution in [0.2, 0.25) is 0 Å². The van der Waals surface area contributed by atoms with Crippen LogP contribution in [0, 0.1) is 0 Å². The van der Waals surface area contributed by atoms with Gasteiger partial charge in [0.2, 0.25) is 0 Å². The largest absolute Gasteiger partial charge is 0.493 e. The van der Waals surface area contributed by atoms with Crippen molar-refractivity contribution < 1.29 is 18.3 Å². The highest BCUT2D eigenvalue weighted by atomic mass is 32.2. The lowest BCUT2D eigenvalue weighted by Crippen LogP contribution is -2.26. The van der Waals surface area contributed by atoms with Crippen molar-refractivity contribution in [2.75, 3.05) is 36.1 Å². The number of hydrogen-bond donors (Lipinski definition) is 2. The van der Waals surface area contributed by atoms with Gasteiger partial charge in [-0.05, 0) is 23.8 Å². The van der Waals surface area contributed by atoms with E-state index >= 15 is 0 Å². The molecule has 0 saturated carbocycles. The van der Waals surface area contributed by atoms with Gasteiger partial charge in [-0.25, -0.2) is 13.4 Å². The molecule has 152 valence electrons. The molecular formula is C21H23N3O4S. The number of benzene rings is 2. The second-order valence-corrected chi connectivity index (χ2v) is 9.10. The Morgan fingerprint density at radius 2 is 2.00 bits per heavy atom. The quantitative estimate of drug-likeness (QED) is 0.619. The van der Waals surface area contributed by atoms with Crippen LogP contribution < -0.4 is 15.4 Å². The second-order valence-electron chi connectivity index (χ2n) is 7.02. The lowest BCUT2D eigenvalue weighted by molar-refractivity contribution is 0.233. The lowest BCUT2D eigenvalue weighted by Gasteiger charge is -2.22. The highest BCUT2D eigenvalue weighted by Crippen LogP contribution is 2.31. The average Bonchev–Trinajstić information content (AvgIpc) is 2.84. The van der Waals surface area contributed by atoms with E-state index in [0.717, 1.165) is 10.9 Å². The normalized spacial score (nSPS) is 15.7. The summed E-state index contributed by atoms with van der Waals surface area (Å²) >= 11 is 0. The zero-order valence-corrected chi connectivity index (χ0v) is 16.7. The van der Waals surface area contributed by atoms with Gasteiger partial charge in [0.25, 0.3) is 0 Å². The number of rotatable bonds is 5. The minimum atomic E-state index is -3.46. The van der Waals surface area contributed by atoms with Crippen LogP contribution in [-0.2, 0) is 16.4 Å². The van der Waals surface area contributed by atoms with E-state index in [0.29, 0.717) is 48.9 Å². The van der Waals surface area contributed by atoms with Gasteiger partial charge in [0.1, 0.15) is 11.6 Å². The molecule has 1 aromatic heterocycles. The molecule has 2 aromatic carbocycles. The number of aliphatic hydroxyl groups excluding tert-OH is 1. The molecule has 4 rings (SSSR count). The second kappa shape index (κ2) is 7.88. The molecule has 0 spiro atoms. The van der Waals surface area contributed by atoms with Crippen molar-refractivity contribution in [2.45, 2.75) is 17.9 Å². The SMILES string of the molecule is Nc1cc(N2CCS(=O)(=O)c3cc(OCCCO)ccc3C2)nc2ccccc12. The number of nitrogens with zero attached hydrogens (tertiary/aromatic N) is 2. The number of aromatic nitrogens is 1. The third kappa shape index (κ3) is 3.99. The van der Waals surface area contributed by atoms with Crippen molar-refractivity contribution in [1.29, 1.82) is 0 Å². The predicted molar refractivity (Wildman–Crippen MR) is 113 cm³/mol. The third-order valence-electron chi connectivity index (χ3n) is 4.99. The summed E-state index contributed by atoms with van der Waals surface area (Å²) in [6.45, 7) is 1.10. The first-order chi connectivity index (χ1) is 14.0. The number of hydrogen-bond acceptors (Lipinski definition) is 7. The number of nitrogens with two attached hydrogens (primary N) is 1. The number of fused-ring (bicyclic) bond motifs is 2. The van der Waals surface area contributed by atoms with Crippen molar-refractivity contribution in [3.05, 3.63) is 54.1 Å². The summed E-state index contributed by atoms with van der Waals surface area (Å²) in [5.74, 6) is 1.13. The zero-order valence-electron chi connectivity index (χ0n) is 15.9. The van der Waals surface area contributed by atoms with Gasteiger partial charge < -0.3 is 20.5 Å². The molecule has 1 aliphatic heterocycles. The predicted octanol–water partition coefficient (Wildman–Crippen LogP) is 2.37. The van der Waals surface area contributed by atoms with E-state index in [-0.39, 0.29) is 17.3 Å². The van der Waals surface area contributed by atoms with Crippen molar-refractivity contribution in [3.8, 4) is 5.75 Å². The van der Waals surface area contributed by atoms with Crippen LogP contribution in [0.25, 0.3) is 10.9 Å². The third-order valence-corrected chi connectivity index (χ3v) is 6.76. The fourth-order valence-corrected chi connectivity index (χ4v) is 4.98. The molecule has 2 heterocycles. The number of aliphatic hydroxyl groups is 1. The van der Waals surface area contributed by atoms with E-state index in [9.17, 15) is 8.42 Å². The van der Waals surface area contributed by atoms with Crippen LogP contribution in [0.1, 0.15) is 12.0 Å². The first-order valence-electron chi connectivity index (χ1n) is 9.47. The van der Waals surface area contributed by atoms with Crippen molar-refractivity contribution >= 4 is 32.2 Å². The zero-order chi connectivity index (χ0) is 20.4. The summed E-state index contributed by atoms with van der Waals surface area (Å²) in [5.41, 5.74) is 8.31. The molecule has 8 heteroatoms. The van der Waals surface area contributed by atoms with Gasteiger partial charge >= 0.3 is 0 Å². The molecule has 0 bridgehead atoms. The summed E-state index contributed by atoms with van der Waals surface area (Å²) in [6.07, 6.45) is 0.493. The molecule has 1 aliphatic rings. The van der Waals surface area contributed by atoms with Gasteiger partial charge in [0, 0.05) is 43.3 Å². The highest BCUT2D eigenvalue weighted by molar-refractivity contribution is 7.91. The summed E-state index contributed by atoms with van der Waals surface area (Å²) in [4.78, 5) is 6.92. The Morgan fingerprint density at radius 3 is 2.83 bits per heavy atom. The fraction of sp³-hybridized carbons (Fsp3) is 0.286. The topological polar surface area (TPSA) is 106 Å². The molecule has 0 atom stereocenters. The van der Waals surface area contributed by atoms with Crippen molar-refractivity contribution in [1.82, 2.24) is 4.98 Å². The van der Waals surface area contributed by atoms with Crippen LogP contribution in [-0.4, -0.2) is 44.0 Å². The van der Waals surface area contributed by atoms with E-state index in [1.165, 1.54) is 0 Å². The summed E-state index contributed by atoms with van der Waals surface area (Å²) in [7, 11) is -3.46. The molecule has 3 aromatic rings. The van der Waals surface area contributed by atoms with E-state index in [2.05, 4.69) is 0 Å². The molecule has 0 amide bonds. The van der Waals surface area contributed by atoms with E-state index in [4.69, 9.17) is 20.6 Å². The molecule has 0 saturated heterocycles. The molecule has 0 aliphatic carbocycles. The maximum absolute atomic E-state index is 12.9. The maximum Gasteiger partial charge on any atom is 0.180 e. The Labute approximate surface area is 169 Å². The molecule has 7 nitrogen and oxygen atoms in total. The summed E-state index contributed by atoms with van der Waals surface area (Å²) in [5, 5.41) is 9.76. The van der Waals surface area contributed by atoms with Crippen LogP contribution in [0.5, 0.6) is 5.75 Å². The molecule has 29 heavy (non-hydrogen) atoms. The number of sulfone groups is 1. The Morgan fingerprint density at radius 1 is 1.17 bits per heavy atom. The lowest BCUT2D eigenvalue weighted by atomic mass is 10.1. The van der Waals surface area contributed by atoms with Gasteiger partial charge in [-0.3, -0.25) is 0 Å². The standard InChI is InChI=1S/C21H23N3O4S/c22-18-13-21(23-19-5-2-1-4-17(18)19)24-8-11-29(26,27)20-12-16(28-10-3-9-25)7-6-15(20)14-24/h1-2,4-7,12-13,25H,3,8-11,14H2,(H2,22,23). The minimum absolute atomic E-state index is 0.0193. The summed E-state index contributed by atoms with van der Waals surface area (Å²) < 4.78 is 31.3. The molecule has 0 unspecified atom stereocenters. The van der Waals surface area contributed by atoms with Gasteiger partial charge in [-0.2, -0.15) is 0 Å². The van der Waals surface area contributed by atoms with Gasteiger partial charge in [-0.15, -0.1) is 0 Å². The molecule has 0 radical (unpaired) electrons. The first kappa shape index (κ1) is 19.5. The molecule has 0 fully saturated rings. The van der Waals surface area contributed by atoms with E-state index < -0.39 is 9.84 Å². The van der Waals surface area contributed by atoms with Crippen LogP contribution in [0.15, 0.2) is 53.4 Å². The Balaban J connectivity index is 1.68. The maximum atomic E-state index is 12.9. The van der Waals surface area contributed by atoms with Crippen LogP contribution in [0.3, 0.4) is 0 Å². The van der Waals surface area contributed by atoms with Crippen LogP contribution in [0.4, 0.5) is 11.5 Å². The van der Waals surface area contributed by atoms with Gasteiger partial charge in [-0.1, -0.05) is 24.3 Å². The highest BCUT2D eigenvalue weighted by Gasteiger charge is 2.27. The molecule has 3 N–H and O–H groups in total. The van der Waals surface area contributed by atoms with Crippen molar-refractivity contribution in [3.63, 3.8) is 0 Å². The summed E-state index contributed by atoms with van der Waals surface area (Å²) in [6, 6.07) is 14.5. The minimum Gasteiger partial charge on any atom is -0.493 e. The number of ether oxygens (including phenoxy) is 1.